The molecule has 1 aliphatic heterocycles. The van der Waals surface area contributed by atoms with Crippen LogP contribution in [0.1, 0.15) is 11.1 Å². The van der Waals surface area contributed by atoms with Crippen LogP contribution < -0.4 is 15.3 Å². The first-order valence-corrected chi connectivity index (χ1v) is 13.4. The first kappa shape index (κ1) is 26.5. The van der Waals surface area contributed by atoms with E-state index in [-0.39, 0.29) is 23.5 Å². The van der Waals surface area contributed by atoms with Crippen molar-refractivity contribution in [3.63, 3.8) is 0 Å². The maximum Gasteiger partial charge on any atom is 0.325 e. The van der Waals surface area contributed by atoms with E-state index in [9.17, 15) is 5.11 Å². The van der Waals surface area contributed by atoms with Crippen molar-refractivity contribution in [3.8, 4) is 45.8 Å². The minimum absolute atomic E-state index is 0.0897. The van der Waals surface area contributed by atoms with Crippen molar-refractivity contribution in [2.24, 2.45) is 15.9 Å². The number of phenolic OH excluding ortho intramolecular Hbond substituents is 1. The maximum absolute atomic E-state index is 9.56. The van der Waals surface area contributed by atoms with Crippen molar-refractivity contribution >= 4 is 11.7 Å². The minimum atomic E-state index is 0.0897. The van der Waals surface area contributed by atoms with Gasteiger partial charge in [-0.15, -0.1) is 0 Å². The molecule has 6 rings (SSSR count). The van der Waals surface area contributed by atoms with Gasteiger partial charge in [-0.3, -0.25) is 4.99 Å². The van der Waals surface area contributed by atoms with Gasteiger partial charge in [-0.05, 0) is 47.5 Å². The highest BCUT2D eigenvalue weighted by molar-refractivity contribution is 6.00. The summed E-state index contributed by atoms with van der Waals surface area (Å²) in [5.74, 6) is 1.88. The predicted molar refractivity (Wildman–Crippen MR) is 163 cm³/mol. The molecule has 0 spiro atoms. The molecule has 3 N–H and O–H groups in total. The largest absolute Gasteiger partial charge is 0.508 e. The van der Waals surface area contributed by atoms with E-state index in [1.165, 1.54) is 12.1 Å². The SMILES string of the molecule is CN1CCN=C1c1cccc(Oc2nc(ON=C(N)c3ccc(O)cc3)cc(-c3ccc(-c4ccccc4)cc3)n2)c1. The van der Waals surface area contributed by atoms with Crippen LogP contribution in [0, 0.1) is 0 Å². The summed E-state index contributed by atoms with van der Waals surface area (Å²) in [4.78, 5) is 21.5. The molecule has 1 aliphatic rings. The Morgan fingerprint density at radius 3 is 2.26 bits per heavy atom. The van der Waals surface area contributed by atoms with Gasteiger partial charge >= 0.3 is 6.01 Å². The van der Waals surface area contributed by atoms with Gasteiger partial charge in [0.25, 0.3) is 5.88 Å². The van der Waals surface area contributed by atoms with Crippen molar-refractivity contribution in [3.05, 3.63) is 120 Å². The van der Waals surface area contributed by atoms with Gasteiger partial charge in [0.15, 0.2) is 5.84 Å². The Hall–Kier alpha value is -5.70. The topological polar surface area (TPSA) is 118 Å². The molecule has 42 heavy (non-hydrogen) atoms. The molecule has 0 aliphatic carbocycles. The van der Waals surface area contributed by atoms with Crippen LogP contribution in [0.15, 0.2) is 119 Å². The zero-order valence-electron chi connectivity index (χ0n) is 22.9. The van der Waals surface area contributed by atoms with E-state index in [0.29, 0.717) is 17.0 Å². The second-order valence-corrected chi connectivity index (χ2v) is 9.69. The molecule has 0 saturated carbocycles. The number of hydrogen-bond donors (Lipinski definition) is 2. The van der Waals surface area contributed by atoms with E-state index in [4.69, 9.17) is 15.3 Å². The van der Waals surface area contributed by atoms with Crippen molar-refractivity contribution < 1.29 is 14.7 Å². The van der Waals surface area contributed by atoms with Crippen molar-refractivity contribution in [2.75, 3.05) is 20.1 Å². The lowest BCUT2D eigenvalue weighted by molar-refractivity contribution is 0.318. The standard InChI is InChI=1S/C33H28N6O3/c1-39-19-18-35-32(39)26-8-5-9-28(20-26)41-33-36-29(24-12-10-23(11-13-24)22-6-3-2-4-7-22)21-30(37-33)42-38-31(34)25-14-16-27(40)17-15-25/h2-17,20-21,40H,18-19H2,1H3,(H2,34,38). The van der Waals surface area contributed by atoms with E-state index in [0.717, 1.165) is 41.2 Å². The summed E-state index contributed by atoms with van der Waals surface area (Å²) in [5.41, 5.74) is 11.3. The zero-order chi connectivity index (χ0) is 28.9. The van der Waals surface area contributed by atoms with Crippen LogP contribution in [0.4, 0.5) is 0 Å². The number of phenols is 1. The lowest BCUT2D eigenvalue weighted by Gasteiger charge is -2.14. The third-order valence-electron chi connectivity index (χ3n) is 6.73. The number of nitrogens with zero attached hydrogens (tertiary/aromatic N) is 5. The van der Waals surface area contributed by atoms with Crippen LogP contribution in [-0.2, 0) is 0 Å². The molecular weight excluding hydrogens is 528 g/mol. The Balaban J connectivity index is 1.32. The number of aromatic nitrogens is 2. The number of benzene rings is 4. The molecule has 0 amide bonds. The molecule has 0 bridgehead atoms. The van der Waals surface area contributed by atoms with E-state index < -0.39 is 0 Å². The quantitative estimate of drug-likeness (QED) is 0.143. The summed E-state index contributed by atoms with van der Waals surface area (Å²) < 4.78 is 6.13. The molecule has 208 valence electrons. The van der Waals surface area contributed by atoms with Crippen LogP contribution in [-0.4, -0.2) is 51.8 Å². The molecule has 0 atom stereocenters. The van der Waals surface area contributed by atoms with Crippen molar-refractivity contribution in [1.29, 1.82) is 0 Å². The van der Waals surface area contributed by atoms with Gasteiger partial charge in [0.05, 0.1) is 12.2 Å². The summed E-state index contributed by atoms with van der Waals surface area (Å²) in [6.07, 6.45) is 0. The number of likely N-dealkylation sites (N-methyl/N-ethyl adjacent to an activating group) is 1. The fraction of sp³-hybridized carbons (Fsp3) is 0.0909. The lowest BCUT2D eigenvalue weighted by atomic mass is 10.0. The van der Waals surface area contributed by atoms with Gasteiger partial charge in [0, 0.05) is 36.3 Å². The molecule has 4 aromatic carbocycles. The Labute approximate surface area is 243 Å². The number of aromatic hydroxyl groups is 1. The highest BCUT2D eigenvalue weighted by atomic mass is 16.6. The van der Waals surface area contributed by atoms with Crippen LogP contribution in [0.3, 0.4) is 0 Å². The predicted octanol–water partition coefficient (Wildman–Crippen LogP) is 5.70. The fourth-order valence-corrected chi connectivity index (χ4v) is 4.54. The maximum atomic E-state index is 9.56. The number of aliphatic imine (C=N–C) groups is 1. The zero-order valence-corrected chi connectivity index (χ0v) is 22.9. The van der Waals surface area contributed by atoms with Crippen LogP contribution >= 0.6 is 0 Å². The summed E-state index contributed by atoms with van der Waals surface area (Å²) in [7, 11) is 2.02. The monoisotopic (exact) mass is 556 g/mol. The first-order chi connectivity index (χ1) is 20.5. The molecule has 1 aromatic heterocycles. The smallest absolute Gasteiger partial charge is 0.325 e. The van der Waals surface area contributed by atoms with Crippen molar-refractivity contribution in [2.45, 2.75) is 0 Å². The number of ether oxygens (including phenoxy) is 1. The van der Waals surface area contributed by atoms with Gasteiger partial charge in [-0.25, -0.2) is 0 Å². The lowest BCUT2D eigenvalue weighted by Crippen LogP contribution is -2.23. The third-order valence-corrected chi connectivity index (χ3v) is 6.73. The average Bonchev–Trinajstić information content (AvgIpc) is 3.46. The molecular formula is C33H28N6O3. The highest BCUT2D eigenvalue weighted by Gasteiger charge is 2.16. The summed E-state index contributed by atoms with van der Waals surface area (Å²) >= 11 is 0. The summed E-state index contributed by atoms with van der Waals surface area (Å²) in [6, 6.07) is 34.0. The van der Waals surface area contributed by atoms with Crippen LogP contribution in [0.25, 0.3) is 22.4 Å². The molecule has 0 fully saturated rings. The van der Waals surface area contributed by atoms with Crippen LogP contribution in [0.2, 0.25) is 0 Å². The number of rotatable bonds is 8. The Morgan fingerprint density at radius 1 is 0.810 bits per heavy atom. The van der Waals surface area contributed by atoms with Crippen LogP contribution in [0.5, 0.6) is 23.4 Å². The van der Waals surface area contributed by atoms with Gasteiger partial charge in [-0.2, -0.15) is 9.97 Å². The molecule has 0 unspecified atom stereocenters. The number of nitrogens with two attached hydrogens (primary N) is 1. The van der Waals surface area contributed by atoms with Crippen molar-refractivity contribution in [1.82, 2.24) is 14.9 Å². The molecule has 0 saturated heterocycles. The minimum Gasteiger partial charge on any atom is -0.508 e. The molecule has 2 heterocycles. The Bertz CT molecular complexity index is 1750. The fourth-order valence-electron chi connectivity index (χ4n) is 4.54. The molecule has 9 heteroatoms. The molecule has 9 nitrogen and oxygen atoms in total. The Kier molecular flexibility index (Phi) is 7.46. The number of amidine groups is 2. The summed E-state index contributed by atoms with van der Waals surface area (Å²) in [5, 5.41) is 13.6. The van der Waals surface area contributed by atoms with Gasteiger partial charge in [-0.1, -0.05) is 71.9 Å². The van der Waals surface area contributed by atoms with E-state index in [1.54, 1.807) is 18.2 Å². The van der Waals surface area contributed by atoms with E-state index in [1.807, 2.05) is 73.8 Å². The van der Waals surface area contributed by atoms with Gasteiger partial charge in [0.1, 0.15) is 17.3 Å². The molecule has 0 radical (unpaired) electrons. The highest BCUT2D eigenvalue weighted by Crippen LogP contribution is 2.29. The second-order valence-electron chi connectivity index (χ2n) is 9.69. The summed E-state index contributed by atoms with van der Waals surface area (Å²) in [6.45, 7) is 1.64. The number of hydrogen-bond acceptors (Lipinski definition) is 8. The molecule has 5 aromatic rings. The first-order valence-electron chi connectivity index (χ1n) is 13.4. The Morgan fingerprint density at radius 2 is 1.52 bits per heavy atom. The van der Waals surface area contributed by atoms with Gasteiger partial charge in [0.2, 0.25) is 0 Å². The average molecular weight is 557 g/mol. The normalized spacial score (nSPS) is 13.1. The van der Waals surface area contributed by atoms with E-state index >= 15 is 0 Å². The number of oxime groups is 1. The second kappa shape index (κ2) is 11.8. The van der Waals surface area contributed by atoms with Gasteiger partial charge < -0.3 is 25.3 Å². The third kappa shape index (κ3) is 6.05. The van der Waals surface area contributed by atoms with E-state index in [2.05, 4.69) is 37.1 Å².